The summed E-state index contributed by atoms with van der Waals surface area (Å²) in [6, 6.07) is 25.0. The third kappa shape index (κ3) is 3.93. The third-order valence-corrected chi connectivity index (χ3v) is 5.25. The molecular formula is C27H22O5. The van der Waals surface area contributed by atoms with E-state index in [1.165, 1.54) is 14.0 Å². The average Bonchev–Trinajstić information content (AvgIpc) is 2.83. The highest BCUT2D eigenvalue weighted by molar-refractivity contribution is 6.12. The quantitative estimate of drug-likeness (QED) is 0.294. The van der Waals surface area contributed by atoms with Crippen LogP contribution in [0.4, 0.5) is 0 Å². The van der Waals surface area contributed by atoms with E-state index in [2.05, 4.69) is 0 Å². The Morgan fingerprint density at radius 3 is 2.00 bits per heavy atom. The first-order valence-electron chi connectivity index (χ1n) is 10.1. The van der Waals surface area contributed by atoms with Crippen molar-refractivity contribution in [2.45, 2.75) is 6.92 Å². The molecule has 0 amide bonds. The second kappa shape index (κ2) is 8.94. The van der Waals surface area contributed by atoms with Gasteiger partial charge in [0.15, 0.2) is 0 Å². The van der Waals surface area contributed by atoms with Crippen LogP contribution in [0.2, 0.25) is 0 Å². The molecule has 4 rings (SSSR count). The summed E-state index contributed by atoms with van der Waals surface area (Å²) in [6.45, 7) is 1.31. The van der Waals surface area contributed by atoms with Crippen molar-refractivity contribution >= 4 is 22.7 Å². The first-order chi connectivity index (χ1) is 15.5. The first kappa shape index (κ1) is 21.1. The molecule has 0 aliphatic heterocycles. The molecule has 0 atom stereocenters. The number of fused-ring (bicyclic) bond motifs is 1. The van der Waals surface area contributed by atoms with E-state index in [1.807, 2.05) is 66.7 Å². The van der Waals surface area contributed by atoms with Crippen molar-refractivity contribution in [3.63, 3.8) is 0 Å². The number of hydrogen-bond donors (Lipinski definition) is 0. The van der Waals surface area contributed by atoms with Crippen LogP contribution in [0.15, 0.2) is 78.9 Å². The normalized spacial score (nSPS) is 10.6. The summed E-state index contributed by atoms with van der Waals surface area (Å²) in [5, 5.41) is 1.33. The van der Waals surface area contributed by atoms with Crippen LogP contribution >= 0.6 is 0 Å². The zero-order chi connectivity index (χ0) is 22.7. The van der Waals surface area contributed by atoms with Crippen LogP contribution in [0.3, 0.4) is 0 Å². The lowest BCUT2D eigenvalue weighted by molar-refractivity contribution is -0.131. The van der Waals surface area contributed by atoms with Crippen molar-refractivity contribution in [2.24, 2.45) is 0 Å². The molecule has 5 heteroatoms. The molecule has 0 saturated carbocycles. The molecule has 0 aromatic heterocycles. The molecule has 4 aromatic rings. The fraction of sp³-hybridized carbons (Fsp3) is 0.111. The molecule has 5 nitrogen and oxygen atoms in total. The predicted molar refractivity (Wildman–Crippen MR) is 124 cm³/mol. The van der Waals surface area contributed by atoms with Crippen LogP contribution in [0.1, 0.15) is 17.3 Å². The van der Waals surface area contributed by atoms with E-state index >= 15 is 0 Å². The number of carbonyl (C=O) groups is 2. The van der Waals surface area contributed by atoms with E-state index in [-0.39, 0.29) is 5.75 Å². The number of ether oxygens (including phenoxy) is 3. The van der Waals surface area contributed by atoms with Crippen LogP contribution in [0.25, 0.3) is 33.0 Å². The van der Waals surface area contributed by atoms with E-state index in [1.54, 1.807) is 19.2 Å². The Labute approximate surface area is 186 Å². The number of rotatable bonds is 5. The van der Waals surface area contributed by atoms with Crippen LogP contribution < -0.4 is 9.47 Å². The van der Waals surface area contributed by atoms with Gasteiger partial charge in [-0.3, -0.25) is 4.79 Å². The molecule has 0 unspecified atom stereocenters. The Morgan fingerprint density at radius 2 is 1.38 bits per heavy atom. The molecule has 0 saturated heterocycles. The van der Waals surface area contributed by atoms with Crippen molar-refractivity contribution in [2.75, 3.05) is 14.2 Å². The number of esters is 2. The summed E-state index contributed by atoms with van der Waals surface area (Å²) >= 11 is 0. The summed E-state index contributed by atoms with van der Waals surface area (Å²) < 4.78 is 16.0. The van der Waals surface area contributed by atoms with Crippen molar-refractivity contribution in [3.8, 4) is 33.8 Å². The van der Waals surface area contributed by atoms with Gasteiger partial charge in [-0.05, 0) is 34.2 Å². The minimum atomic E-state index is -0.523. The van der Waals surface area contributed by atoms with Crippen LogP contribution in [-0.4, -0.2) is 26.2 Å². The Morgan fingerprint density at radius 1 is 0.719 bits per heavy atom. The van der Waals surface area contributed by atoms with Gasteiger partial charge in [0.1, 0.15) is 11.5 Å². The van der Waals surface area contributed by atoms with Gasteiger partial charge in [-0.15, -0.1) is 0 Å². The fourth-order valence-electron chi connectivity index (χ4n) is 3.86. The summed E-state index contributed by atoms with van der Waals surface area (Å²) in [4.78, 5) is 24.5. The van der Waals surface area contributed by atoms with Crippen molar-refractivity contribution in [1.29, 1.82) is 0 Å². The molecule has 0 N–H and O–H groups in total. The summed E-state index contributed by atoms with van der Waals surface area (Å²) in [5.74, 6) is -0.231. The Kier molecular flexibility index (Phi) is 5.90. The SMILES string of the molecule is COC(=O)c1cc(OC(C)=O)c2c(OC)cccc2c1-c1ccc(-c2ccccc2)cc1. The Balaban J connectivity index is 1.99. The van der Waals surface area contributed by atoms with E-state index in [0.717, 1.165) is 22.1 Å². The highest BCUT2D eigenvalue weighted by atomic mass is 16.5. The minimum Gasteiger partial charge on any atom is -0.496 e. The van der Waals surface area contributed by atoms with E-state index in [0.29, 0.717) is 22.3 Å². The number of hydrogen-bond acceptors (Lipinski definition) is 5. The number of benzene rings is 4. The second-order valence-electron chi connectivity index (χ2n) is 7.21. The molecule has 0 aliphatic rings. The minimum absolute atomic E-state index is 0.245. The molecule has 32 heavy (non-hydrogen) atoms. The average molecular weight is 426 g/mol. The topological polar surface area (TPSA) is 61.8 Å². The standard InChI is InChI=1S/C27H22O5/c1-17(28)32-24-16-22(27(29)31-3)25(21-10-7-11-23(30-2)26(21)24)20-14-12-19(13-15-20)18-8-5-4-6-9-18/h4-16H,1-3H3. The van der Waals surface area contributed by atoms with Gasteiger partial charge in [0.25, 0.3) is 0 Å². The van der Waals surface area contributed by atoms with Gasteiger partial charge in [-0.25, -0.2) is 4.79 Å². The molecule has 0 bridgehead atoms. The zero-order valence-corrected chi connectivity index (χ0v) is 18.0. The molecule has 0 spiro atoms. The molecule has 0 aliphatic carbocycles. The van der Waals surface area contributed by atoms with Gasteiger partial charge in [0.05, 0.1) is 25.2 Å². The highest BCUT2D eigenvalue weighted by Gasteiger charge is 2.23. The maximum absolute atomic E-state index is 12.7. The maximum Gasteiger partial charge on any atom is 0.338 e. The van der Waals surface area contributed by atoms with Gasteiger partial charge in [0, 0.05) is 12.5 Å². The fourth-order valence-corrected chi connectivity index (χ4v) is 3.86. The Bertz CT molecular complexity index is 1290. The molecular weight excluding hydrogens is 404 g/mol. The number of carbonyl (C=O) groups excluding carboxylic acids is 2. The molecule has 0 fully saturated rings. The molecule has 0 radical (unpaired) electrons. The van der Waals surface area contributed by atoms with E-state index < -0.39 is 11.9 Å². The van der Waals surface area contributed by atoms with Crippen LogP contribution in [-0.2, 0) is 9.53 Å². The largest absolute Gasteiger partial charge is 0.496 e. The van der Waals surface area contributed by atoms with E-state index in [4.69, 9.17) is 14.2 Å². The lowest BCUT2D eigenvalue weighted by atomic mass is 9.91. The van der Waals surface area contributed by atoms with Gasteiger partial charge in [-0.2, -0.15) is 0 Å². The number of methoxy groups -OCH3 is 2. The summed E-state index contributed by atoms with van der Waals surface area (Å²) in [6.07, 6.45) is 0. The predicted octanol–water partition coefficient (Wildman–Crippen LogP) is 5.89. The van der Waals surface area contributed by atoms with Gasteiger partial charge in [0.2, 0.25) is 0 Å². The van der Waals surface area contributed by atoms with Gasteiger partial charge >= 0.3 is 11.9 Å². The molecule has 0 heterocycles. The summed E-state index contributed by atoms with van der Waals surface area (Å²) in [7, 11) is 2.88. The zero-order valence-electron chi connectivity index (χ0n) is 18.0. The third-order valence-electron chi connectivity index (χ3n) is 5.25. The summed E-state index contributed by atoms with van der Waals surface area (Å²) in [5.41, 5.74) is 3.98. The van der Waals surface area contributed by atoms with Crippen molar-refractivity contribution in [3.05, 3.63) is 84.4 Å². The Hall–Kier alpha value is -4.12. The van der Waals surface area contributed by atoms with Crippen LogP contribution in [0.5, 0.6) is 11.5 Å². The van der Waals surface area contributed by atoms with Crippen molar-refractivity contribution < 1.29 is 23.8 Å². The smallest absolute Gasteiger partial charge is 0.338 e. The maximum atomic E-state index is 12.7. The second-order valence-corrected chi connectivity index (χ2v) is 7.21. The highest BCUT2D eigenvalue weighted by Crippen LogP contribution is 2.43. The monoisotopic (exact) mass is 426 g/mol. The lowest BCUT2D eigenvalue weighted by Crippen LogP contribution is -2.08. The van der Waals surface area contributed by atoms with E-state index in [9.17, 15) is 9.59 Å². The van der Waals surface area contributed by atoms with Crippen molar-refractivity contribution in [1.82, 2.24) is 0 Å². The van der Waals surface area contributed by atoms with Gasteiger partial charge < -0.3 is 14.2 Å². The first-order valence-corrected chi connectivity index (χ1v) is 10.1. The van der Waals surface area contributed by atoms with Gasteiger partial charge in [-0.1, -0.05) is 66.7 Å². The molecule has 160 valence electrons. The van der Waals surface area contributed by atoms with Crippen LogP contribution in [0, 0.1) is 0 Å². The molecule has 4 aromatic carbocycles. The lowest BCUT2D eigenvalue weighted by Gasteiger charge is -2.17.